The first-order valence-corrected chi connectivity index (χ1v) is 5.77. The molecule has 8 heteroatoms. The maximum Gasteiger partial charge on any atom is 0.230 e. The predicted molar refractivity (Wildman–Crippen MR) is 61.0 cm³/mol. The van der Waals surface area contributed by atoms with Crippen LogP contribution in [0.25, 0.3) is 0 Å². The number of methoxy groups -OCH3 is 1. The van der Waals surface area contributed by atoms with E-state index in [1.54, 1.807) is 7.11 Å². The lowest BCUT2D eigenvalue weighted by molar-refractivity contribution is -0.118. The van der Waals surface area contributed by atoms with Crippen molar-refractivity contribution >= 4 is 23.6 Å². The van der Waals surface area contributed by atoms with Gasteiger partial charge in [-0.3, -0.25) is 4.79 Å². The summed E-state index contributed by atoms with van der Waals surface area (Å²) in [6.45, 7) is 1.26. The number of carbonyl (C=O) groups is 1. The lowest BCUT2D eigenvalue weighted by Gasteiger charge is -2.02. The topological polar surface area (TPSA) is 106 Å². The van der Waals surface area contributed by atoms with Gasteiger partial charge in [-0.25, -0.2) is 5.10 Å². The molecule has 4 N–H and O–H groups in total. The number of nitrogens with two attached hydrogens (primary N) is 1. The second-order valence-corrected chi connectivity index (χ2v) is 3.93. The minimum absolute atomic E-state index is 0.0514. The van der Waals surface area contributed by atoms with Gasteiger partial charge >= 0.3 is 0 Å². The average Bonchev–Trinajstić information content (AvgIpc) is 2.68. The molecule has 0 aliphatic rings. The number of thioether (sulfide) groups is 1. The largest absolute Gasteiger partial charge is 0.385 e. The third kappa shape index (κ3) is 4.99. The van der Waals surface area contributed by atoms with Crippen LogP contribution in [0, 0.1) is 0 Å². The highest BCUT2D eigenvalue weighted by Gasteiger charge is 2.05. The van der Waals surface area contributed by atoms with E-state index < -0.39 is 0 Å². The Bertz CT molecular complexity index is 330. The molecule has 0 spiro atoms. The third-order valence-electron chi connectivity index (χ3n) is 1.66. The van der Waals surface area contributed by atoms with Crippen LogP contribution in [0.1, 0.15) is 6.42 Å². The van der Waals surface area contributed by atoms with Gasteiger partial charge in [-0.2, -0.15) is 4.98 Å². The van der Waals surface area contributed by atoms with Crippen molar-refractivity contribution in [3.05, 3.63) is 0 Å². The molecule has 1 amide bonds. The first kappa shape index (κ1) is 12.8. The van der Waals surface area contributed by atoms with Crippen LogP contribution in [0.15, 0.2) is 5.16 Å². The van der Waals surface area contributed by atoms with Gasteiger partial charge in [0, 0.05) is 20.3 Å². The molecule has 1 aromatic heterocycles. The number of H-pyrrole nitrogens is 1. The SMILES string of the molecule is COCCCNC(=O)CSc1n[nH]c(N)n1. The molecule has 0 fully saturated rings. The van der Waals surface area contributed by atoms with E-state index in [1.807, 2.05) is 0 Å². The molecule has 0 radical (unpaired) electrons. The summed E-state index contributed by atoms with van der Waals surface area (Å²) in [4.78, 5) is 15.2. The molecule has 0 bridgehead atoms. The number of aromatic nitrogens is 3. The van der Waals surface area contributed by atoms with E-state index in [4.69, 9.17) is 10.5 Å². The standard InChI is InChI=1S/C8H15N5O2S/c1-15-4-2-3-10-6(14)5-16-8-11-7(9)12-13-8/h2-5H2,1H3,(H,10,14)(H3,9,11,12,13). The number of hydrogen-bond donors (Lipinski definition) is 3. The second kappa shape index (κ2) is 7.07. The third-order valence-corrected chi connectivity index (χ3v) is 2.51. The van der Waals surface area contributed by atoms with E-state index in [1.165, 1.54) is 11.8 Å². The van der Waals surface area contributed by atoms with E-state index in [2.05, 4.69) is 20.5 Å². The minimum atomic E-state index is -0.0514. The maximum absolute atomic E-state index is 11.3. The molecular formula is C8H15N5O2S. The van der Waals surface area contributed by atoms with Gasteiger partial charge in [-0.1, -0.05) is 11.8 Å². The van der Waals surface area contributed by atoms with Crippen molar-refractivity contribution in [3.63, 3.8) is 0 Å². The van der Waals surface area contributed by atoms with Gasteiger partial charge in [-0.05, 0) is 6.42 Å². The second-order valence-electron chi connectivity index (χ2n) is 2.99. The lowest BCUT2D eigenvalue weighted by Crippen LogP contribution is -2.26. The Hall–Kier alpha value is -1.28. The summed E-state index contributed by atoms with van der Waals surface area (Å²) >= 11 is 1.24. The Kier molecular flexibility index (Phi) is 5.65. The summed E-state index contributed by atoms with van der Waals surface area (Å²) in [5.74, 6) is 0.483. The van der Waals surface area contributed by atoms with Crippen LogP contribution in [0.3, 0.4) is 0 Å². The van der Waals surface area contributed by atoms with Crippen molar-refractivity contribution in [2.45, 2.75) is 11.6 Å². The Morgan fingerprint density at radius 2 is 2.50 bits per heavy atom. The molecule has 0 saturated heterocycles. The smallest absolute Gasteiger partial charge is 0.230 e. The predicted octanol–water partition coefficient (Wildman–Crippen LogP) is -0.368. The molecule has 1 heterocycles. The quantitative estimate of drug-likeness (QED) is 0.447. The number of amides is 1. The summed E-state index contributed by atoms with van der Waals surface area (Å²) in [7, 11) is 1.63. The van der Waals surface area contributed by atoms with E-state index >= 15 is 0 Å². The lowest BCUT2D eigenvalue weighted by atomic mass is 10.4. The fourth-order valence-electron chi connectivity index (χ4n) is 0.948. The van der Waals surface area contributed by atoms with Gasteiger partial charge in [-0.15, -0.1) is 5.10 Å². The Morgan fingerprint density at radius 1 is 1.69 bits per heavy atom. The van der Waals surface area contributed by atoms with Crippen molar-refractivity contribution in [3.8, 4) is 0 Å². The molecule has 0 aromatic carbocycles. The zero-order valence-electron chi connectivity index (χ0n) is 9.02. The first-order chi connectivity index (χ1) is 7.72. The molecule has 0 atom stereocenters. The number of anilines is 1. The number of aromatic amines is 1. The molecular weight excluding hydrogens is 230 g/mol. The highest BCUT2D eigenvalue weighted by atomic mass is 32.2. The van der Waals surface area contributed by atoms with Crippen LogP contribution in [0.4, 0.5) is 5.95 Å². The van der Waals surface area contributed by atoms with E-state index in [0.29, 0.717) is 18.3 Å². The van der Waals surface area contributed by atoms with Gasteiger partial charge in [0.25, 0.3) is 0 Å². The number of hydrogen-bond acceptors (Lipinski definition) is 6. The number of rotatable bonds is 7. The normalized spacial score (nSPS) is 10.3. The minimum Gasteiger partial charge on any atom is -0.385 e. The highest BCUT2D eigenvalue weighted by molar-refractivity contribution is 7.99. The Balaban J connectivity index is 2.10. The van der Waals surface area contributed by atoms with Crippen LogP contribution in [-0.2, 0) is 9.53 Å². The zero-order chi connectivity index (χ0) is 11.8. The molecule has 1 aromatic rings. The van der Waals surface area contributed by atoms with Crippen LogP contribution < -0.4 is 11.1 Å². The molecule has 1 rings (SSSR count). The van der Waals surface area contributed by atoms with Gasteiger partial charge in [0.2, 0.25) is 17.0 Å². The van der Waals surface area contributed by atoms with Crippen molar-refractivity contribution in [1.29, 1.82) is 0 Å². The summed E-state index contributed by atoms with van der Waals surface area (Å²) in [5.41, 5.74) is 5.34. The van der Waals surface area contributed by atoms with Crippen LogP contribution in [-0.4, -0.2) is 47.1 Å². The number of ether oxygens (including phenoxy) is 1. The average molecular weight is 245 g/mol. The van der Waals surface area contributed by atoms with Crippen molar-refractivity contribution in [2.75, 3.05) is 31.7 Å². The zero-order valence-corrected chi connectivity index (χ0v) is 9.84. The molecule has 0 saturated carbocycles. The van der Waals surface area contributed by atoms with E-state index in [9.17, 15) is 4.79 Å². The van der Waals surface area contributed by atoms with Crippen LogP contribution in [0.2, 0.25) is 0 Å². The van der Waals surface area contributed by atoms with Crippen LogP contribution >= 0.6 is 11.8 Å². The monoisotopic (exact) mass is 245 g/mol. The Morgan fingerprint density at radius 3 is 3.12 bits per heavy atom. The number of nitrogen functional groups attached to an aromatic ring is 1. The molecule has 0 unspecified atom stereocenters. The molecule has 7 nitrogen and oxygen atoms in total. The van der Waals surface area contributed by atoms with Crippen molar-refractivity contribution in [1.82, 2.24) is 20.5 Å². The van der Waals surface area contributed by atoms with Gasteiger partial charge in [0.15, 0.2) is 0 Å². The molecule has 16 heavy (non-hydrogen) atoms. The van der Waals surface area contributed by atoms with Gasteiger partial charge in [0.05, 0.1) is 5.75 Å². The maximum atomic E-state index is 11.3. The summed E-state index contributed by atoms with van der Waals surface area (Å²) in [6, 6.07) is 0. The Labute approximate surface area is 97.5 Å². The first-order valence-electron chi connectivity index (χ1n) is 4.78. The number of carbonyl (C=O) groups excluding carboxylic acids is 1. The van der Waals surface area contributed by atoms with Gasteiger partial charge in [0.1, 0.15) is 0 Å². The van der Waals surface area contributed by atoms with E-state index in [-0.39, 0.29) is 17.6 Å². The molecule has 0 aliphatic carbocycles. The molecule has 0 aliphatic heterocycles. The number of nitrogens with zero attached hydrogens (tertiary/aromatic N) is 2. The fraction of sp³-hybridized carbons (Fsp3) is 0.625. The summed E-state index contributed by atoms with van der Waals surface area (Å²) < 4.78 is 4.86. The van der Waals surface area contributed by atoms with Crippen molar-refractivity contribution in [2.24, 2.45) is 0 Å². The fourth-order valence-corrected chi connectivity index (χ4v) is 1.58. The van der Waals surface area contributed by atoms with Gasteiger partial charge < -0.3 is 15.8 Å². The summed E-state index contributed by atoms with van der Waals surface area (Å²) in [5, 5.41) is 9.53. The summed E-state index contributed by atoms with van der Waals surface area (Å²) in [6.07, 6.45) is 0.806. The van der Waals surface area contributed by atoms with Crippen molar-refractivity contribution < 1.29 is 9.53 Å². The number of nitrogens with one attached hydrogen (secondary N) is 2. The highest BCUT2D eigenvalue weighted by Crippen LogP contribution is 2.11. The van der Waals surface area contributed by atoms with Crippen LogP contribution in [0.5, 0.6) is 0 Å². The van der Waals surface area contributed by atoms with E-state index in [0.717, 1.165) is 6.42 Å². The molecule has 90 valence electrons.